The molecule has 0 unspecified atom stereocenters. The van der Waals surface area contributed by atoms with Crippen LogP contribution in [0.3, 0.4) is 0 Å². The second-order valence-electron chi connectivity index (χ2n) is 5.26. The van der Waals surface area contributed by atoms with Crippen LogP contribution >= 0.6 is 0 Å². The Hall–Kier alpha value is -1.36. The van der Waals surface area contributed by atoms with Crippen molar-refractivity contribution in [1.82, 2.24) is 9.97 Å². The van der Waals surface area contributed by atoms with E-state index in [4.69, 9.17) is 4.74 Å². The van der Waals surface area contributed by atoms with Gasteiger partial charge in [-0.2, -0.15) is 0 Å². The van der Waals surface area contributed by atoms with E-state index in [1.807, 2.05) is 20.9 Å². The van der Waals surface area contributed by atoms with Gasteiger partial charge >= 0.3 is 0 Å². The van der Waals surface area contributed by atoms with Crippen LogP contribution in [0.25, 0.3) is 0 Å². The maximum absolute atomic E-state index is 5.68. The number of likely N-dealkylation sites (N-methyl/N-ethyl adjacent to an activating group) is 1. The lowest BCUT2D eigenvalue weighted by Gasteiger charge is -2.21. The van der Waals surface area contributed by atoms with Crippen LogP contribution in [0.1, 0.15) is 24.2 Å². The zero-order valence-corrected chi connectivity index (χ0v) is 12.4. The molecule has 1 fully saturated rings. The highest BCUT2D eigenvalue weighted by atomic mass is 16.5. The van der Waals surface area contributed by atoms with Crippen molar-refractivity contribution in [3.05, 3.63) is 11.4 Å². The Morgan fingerprint density at radius 2 is 2.05 bits per heavy atom. The molecular weight excluding hydrogens is 240 g/mol. The molecule has 5 heteroatoms. The molecule has 0 radical (unpaired) electrons. The zero-order valence-electron chi connectivity index (χ0n) is 12.4. The van der Waals surface area contributed by atoms with Crippen molar-refractivity contribution in [2.45, 2.75) is 26.7 Å². The van der Waals surface area contributed by atoms with E-state index in [2.05, 4.69) is 27.2 Å². The molecule has 0 spiro atoms. The molecule has 2 rings (SSSR count). The molecule has 1 aromatic rings. The second kappa shape index (κ2) is 6.19. The Kier molecular flexibility index (Phi) is 4.58. The van der Waals surface area contributed by atoms with Crippen molar-refractivity contribution in [1.29, 1.82) is 0 Å². The van der Waals surface area contributed by atoms with E-state index >= 15 is 0 Å². The molecule has 5 nitrogen and oxygen atoms in total. The normalized spacial score (nSPS) is 14.5. The van der Waals surface area contributed by atoms with Crippen LogP contribution in [0.4, 0.5) is 11.6 Å². The van der Waals surface area contributed by atoms with Gasteiger partial charge in [0, 0.05) is 32.8 Å². The summed E-state index contributed by atoms with van der Waals surface area (Å²) in [6, 6.07) is 0. The Morgan fingerprint density at radius 1 is 1.32 bits per heavy atom. The van der Waals surface area contributed by atoms with Gasteiger partial charge in [0.1, 0.15) is 17.5 Å². The molecule has 106 valence electrons. The monoisotopic (exact) mass is 264 g/mol. The van der Waals surface area contributed by atoms with Gasteiger partial charge in [-0.05, 0) is 32.6 Å². The quantitative estimate of drug-likeness (QED) is 0.763. The standard InChI is InChI=1S/C14H24N4O/c1-10-13(15-3)16-11(2)17-14(10)18(4)7-8-19-9-12-5-6-12/h12H,5-9H2,1-4H3,(H,15,16,17). The number of ether oxygens (including phenoxy) is 1. The van der Waals surface area contributed by atoms with Gasteiger partial charge in [-0.1, -0.05) is 0 Å². The second-order valence-corrected chi connectivity index (χ2v) is 5.26. The van der Waals surface area contributed by atoms with Crippen molar-refractivity contribution < 1.29 is 4.74 Å². The fourth-order valence-corrected chi connectivity index (χ4v) is 2.07. The minimum atomic E-state index is 0.754. The highest BCUT2D eigenvalue weighted by Crippen LogP contribution is 2.28. The van der Waals surface area contributed by atoms with Crippen molar-refractivity contribution in [3.8, 4) is 0 Å². The van der Waals surface area contributed by atoms with Crippen molar-refractivity contribution in [3.63, 3.8) is 0 Å². The van der Waals surface area contributed by atoms with E-state index in [-0.39, 0.29) is 0 Å². The molecule has 0 aromatic carbocycles. The van der Waals surface area contributed by atoms with Gasteiger partial charge in [-0.3, -0.25) is 0 Å². The fraction of sp³-hybridized carbons (Fsp3) is 0.714. The van der Waals surface area contributed by atoms with Crippen LogP contribution < -0.4 is 10.2 Å². The first-order chi connectivity index (χ1) is 9.11. The summed E-state index contributed by atoms with van der Waals surface area (Å²) in [6.45, 7) is 6.48. The number of rotatable bonds is 7. The van der Waals surface area contributed by atoms with Crippen LogP contribution in [0.15, 0.2) is 0 Å². The van der Waals surface area contributed by atoms with Crippen LogP contribution in [0.2, 0.25) is 0 Å². The minimum Gasteiger partial charge on any atom is -0.379 e. The Labute approximate surface area is 115 Å². The molecule has 1 aromatic heterocycles. The minimum absolute atomic E-state index is 0.754. The average molecular weight is 264 g/mol. The summed E-state index contributed by atoms with van der Waals surface area (Å²) < 4.78 is 5.68. The summed E-state index contributed by atoms with van der Waals surface area (Å²) in [5.41, 5.74) is 1.08. The summed E-state index contributed by atoms with van der Waals surface area (Å²) in [5.74, 6) is 3.49. The number of anilines is 2. The number of nitrogens with one attached hydrogen (secondary N) is 1. The van der Waals surface area contributed by atoms with Gasteiger partial charge in [0.2, 0.25) is 0 Å². The first kappa shape index (κ1) is 14.1. The molecule has 0 saturated heterocycles. The van der Waals surface area contributed by atoms with Crippen molar-refractivity contribution in [2.24, 2.45) is 5.92 Å². The van der Waals surface area contributed by atoms with E-state index in [0.717, 1.165) is 48.7 Å². The SMILES string of the molecule is CNc1nc(C)nc(N(C)CCOCC2CC2)c1C. The number of nitrogens with zero attached hydrogens (tertiary/aromatic N) is 3. The lowest BCUT2D eigenvalue weighted by Crippen LogP contribution is -2.25. The molecule has 1 aliphatic carbocycles. The summed E-state index contributed by atoms with van der Waals surface area (Å²) in [4.78, 5) is 11.0. The van der Waals surface area contributed by atoms with Crippen LogP contribution in [0, 0.1) is 19.8 Å². The smallest absolute Gasteiger partial charge is 0.137 e. The Bertz CT molecular complexity index is 432. The molecule has 1 heterocycles. The molecule has 19 heavy (non-hydrogen) atoms. The zero-order chi connectivity index (χ0) is 13.8. The summed E-state index contributed by atoms with van der Waals surface area (Å²) in [6.07, 6.45) is 2.68. The first-order valence-corrected chi connectivity index (χ1v) is 6.93. The van der Waals surface area contributed by atoms with Crippen molar-refractivity contribution >= 4 is 11.6 Å². The fourth-order valence-electron chi connectivity index (χ4n) is 2.07. The van der Waals surface area contributed by atoms with Gasteiger partial charge in [0.05, 0.1) is 6.61 Å². The van der Waals surface area contributed by atoms with E-state index in [1.54, 1.807) is 0 Å². The van der Waals surface area contributed by atoms with Crippen LogP contribution in [0.5, 0.6) is 0 Å². The highest BCUT2D eigenvalue weighted by molar-refractivity contribution is 5.58. The highest BCUT2D eigenvalue weighted by Gasteiger charge is 2.21. The van der Waals surface area contributed by atoms with Gasteiger partial charge in [0.15, 0.2) is 0 Å². The number of hydrogen-bond acceptors (Lipinski definition) is 5. The largest absolute Gasteiger partial charge is 0.379 e. The third-order valence-electron chi connectivity index (χ3n) is 3.45. The predicted molar refractivity (Wildman–Crippen MR) is 77.9 cm³/mol. The maximum atomic E-state index is 5.68. The van der Waals surface area contributed by atoms with E-state index in [9.17, 15) is 0 Å². The van der Waals surface area contributed by atoms with Gasteiger partial charge in [-0.15, -0.1) is 0 Å². The average Bonchev–Trinajstić information content (AvgIpc) is 3.20. The first-order valence-electron chi connectivity index (χ1n) is 6.93. The van der Waals surface area contributed by atoms with E-state index in [0.29, 0.717) is 0 Å². The summed E-state index contributed by atoms with van der Waals surface area (Å²) in [7, 11) is 3.94. The topological polar surface area (TPSA) is 50.3 Å². The molecule has 1 aliphatic rings. The summed E-state index contributed by atoms with van der Waals surface area (Å²) in [5, 5.41) is 3.11. The molecule has 1 saturated carbocycles. The molecule has 1 N–H and O–H groups in total. The lowest BCUT2D eigenvalue weighted by atomic mass is 10.3. The third-order valence-corrected chi connectivity index (χ3v) is 3.45. The number of hydrogen-bond donors (Lipinski definition) is 1. The third kappa shape index (κ3) is 3.80. The van der Waals surface area contributed by atoms with Gasteiger partial charge in [0.25, 0.3) is 0 Å². The maximum Gasteiger partial charge on any atom is 0.137 e. The lowest BCUT2D eigenvalue weighted by molar-refractivity contribution is 0.130. The Morgan fingerprint density at radius 3 is 2.68 bits per heavy atom. The number of aryl methyl sites for hydroxylation is 1. The Balaban J connectivity index is 1.92. The molecule has 0 bridgehead atoms. The molecular formula is C14H24N4O. The molecule has 0 amide bonds. The predicted octanol–water partition coefficient (Wildman–Crippen LogP) is 2.00. The van der Waals surface area contributed by atoms with Gasteiger partial charge in [-0.25, -0.2) is 9.97 Å². The number of aromatic nitrogens is 2. The van der Waals surface area contributed by atoms with Crippen LogP contribution in [-0.2, 0) is 4.74 Å². The summed E-state index contributed by atoms with van der Waals surface area (Å²) >= 11 is 0. The van der Waals surface area contributed by atoms with Gasteiger partial charge < -0.3 is 15.0 Å². The molecule has 0 aliphatic heterocycles. The van der Waals surface area contributed by atoms with Crippen LogP contribution in [-0.4, -0.2) is 43.8 Å². The van der Waals surface area contributed by atoms with E-state index in [1.165, 1.54) is 12.8 Å². The van der Waals surface area contributed by atoms with Crippen molar-refractivity contribution in [2.75, 3.05) is 44.1 Å². The van der Waals surface area contributed by atoms with E-state index < -0.39 is 0 Å². The molecule has 0 atom stereocenters.